The number of halogens is 2. The van der Waals surface area contributed by atoms with E-state index in [1.165, 1.54) is 29.4 Å². The van der Waals surface area contributed by atoms with Crippen LogP contribution in [-0.4, -0.2) is 111 Å². The second kappa shape index (κ2) is 17.3. The fourth-order valence-corrected chi connectivity index (χ4v) is 5.09. The second-order valence-electron chi connectivity index (χ2n) is 12.4. The topological polar surface area (TPSA) is 312 Å². The Morgan fingerprint density at radius 2 is 1.67 bits per heavy atom. The van der Waals surface area contributed by atoms with Gasteiger partial charge in [-0.3, -0.25) is 14.2 Å². The number of aliphatic hydroxyl groups excluding tert-OH is 2. The fraction of sp³-hybridized carbons (Fsp3) is 0.621. The zero-order valence-corrected chi connectivity index (χ0v) is 28.6. The minimum atomic E-state index is -2.03. The number of azide groups is 2. The molecule has 3 aliphatic heterocycles. The number of carbonyl (C=O) groups excluding carboxylic acids is 2. The van der Waals surface area contributed by atoms with Gasteiger partial charge in [-0.1, -0.05) is 44.5 Å². The molecule has 4 heterocycles. The van der Waals surface area contributed by atoms with Gasteiger partial charge >= 0.3 is 17.6 Å². The quantitative estimate of drug-likeness (QED) is 0.102. The van der Waals surface area contributed by atoms with E-state index in [-0.39, 0.29) is 17.5 Å². The van der Waals surface area contributed by atoms with Crippen molar-refractivity contribution in [2.24, 2.45) is 32.8 Å². The van der Waals surface area contributed by atoms with Gasteiger partial charge in [0.1, 0.15) is 41.4 Å². The Morgan fingerprint density at radius 3 is 2.21 bits per heavy atom. The molecule has 2 saturated heterocycles. The average molecular weight is 739 g/mol. The summed E-state index contributed by atoms with van der Waals surface area (Å²) < 4.78 is 52.2. The van der Waals surface area contributed by atoms with Gasteiger partial charge in [0.15, 0.2) is 30.9 Å². The average Bonchev–Trinajstić information content (AvgIpc) is 3.51. The Morgan fingerprint density at radius 1 is 1.08 bits per heavy atom. The van der Waals surface area contributed by atoms with Crippen LogP contribution in [-0.2, 0) is 28.5 Å². The third kappa shape index (κ3) is 8.94. The van der Waals surface area contributed by atoms with E-state index in [1.54, 1.807) is 27.7 Å². The molecule has 6 N–H and O–H groups in total. The first-order valence-corrected chi connectivity index (χ1v) is 15.6. The fourth-order valence-electron chi connectivity index (χ4n) is 5.09. The SMILES string of the molecule is C=C1N=C(N)C=CN1[C@@H]1O[C@](CN=[N+]=[N-])(COC(=O)C(C)C)[C@@H](O)[C@H]1F.CC(C)C(=O)O[C@H]1[C@@H](F)[C@H](n2ccc(N)nc2=O)O[C@@]1(CO)CN=[N+]=[N-]. The highest BCUT2D eigenvalue weighted by atomic mass is 19.1. The van der Waals surface area contributed by atoms with Crippen molar-refractivity contribution in [3.05, 3.63) is 68.3 Å². The molecule has 0 aromatic carbocycles. The molecular formula is C29H40F2N12O9. The van der Waals surface area contributed by atoms with E-state index < -0.39 is 104 Å². The first-order chi connectivity index (χ1) is 24.5. The lowest BCUT2D eigenvalue weighted by molar-refractivity contribution is -0.170. The van der Waals surface area contributed by atoms with Crippen LogP contribution in [0.15, 0.2) is 57.0 Å². The molecule has 1 aromatic heterocycles. The van der Waals surface area contributed by atoms with Crippen molar-refractivity contribution < 1.29 is 47.5 Å². The van der Waals surface area contributed by atoms with Gasteiger partial charge in [-0.2, -0.15) is 4.98 Å². The number of carbonyl (C=O) groups is 2. The number of amidine groups is 1. The summed E-state index contributed by atoms with van der Waals surface area (Å²) in [7, 11) is 0. The van der Waals surface area contributed by atoms with E-state index in [4.69, 9.17) is 41.5 Å². The largest absolute Gasteiger partial charge is 0.462 e. The van der Waals surface area contributed by atoms with Gasteiger partial charge in [0.05, 0.1) is 31.5 Å². The summed E-state index contributed by atoms with van der Waals surface area (Å²) in [5.41, 5.74) is 23.7. The van der Waals surface area contributed by atoms with Crippen molar-refractivity contribution >= 4 is 23.6 Å². The molecule has 284 valence electrons. The molecule has 4 rings (SSSR count). The molecule has 3 aliphatic rings. The molecule has 0 aliphatic carbocycles. The van der Waals surface area contributed by atoms with Gasteiger partial charge < -0.3 is 45.5 Å². The number of anilines is 1. The summed E-state index contributed by atoms with van der Waals surface area (Å²) in [6.45, 7) is 7.79. The Balaban J connectivity index is 0.000000280. The van der Waals surface area contributed by atoms with Crippen LogP contribution < -0.4 is 17.2 Å². The Bertz CT molecular complexity index is 1710. The lowest BCUT2D eigenvalue weighted by Gasteiger charge is -2.32. The third-order valence-electron chi connectivity index (χ3n) is 7.98. The van der Waals surface area contributed by atoms with Crippen LogP contribution >= 0.6 is 0 Å². The molecule has 52 heavy (non-hydrogen) atoms. The van der Waals surface area contributed by atoms with Gasteiger partial charge in [0, 0.05) is 22.2 Å². The number of rotatable bonds is 12. The van der Waals surface area contributed by atoms with Crippen molar-refractivity contribution in [2.45, 2.75) is 75.9 Å². The van der Waals surface area contributed by atoms with Crippen molar-refractivity contribution in [2.75, 3.05) is 32.0 Å². The zero-order valence-electron chi connectivity index (χ0n) is 28.6. The van der Waals surface area contributed by atoms with E-state index in [0.29, 0.717) is 0 Å². The number of esters is 2. The Labute approximate surface area is 294 Å². The summed E-state index contributed by atoms with van der Waals surface area (Å²) >= 11 is 0. The molecule has 8 atom stereocenters. The van der Waals surface area contributed by atoms with Crippen LogP contribution in [0.4, 0.5) is 14.6 Å². The van der Waals surface area contributed by atoms with Crippen LogP contribution in [0.3, 0.4) is 0 Å². The number of nitrogens with zero attached hydrogens (tertiary/aromatic N) is 10. The van der Waals surface area contributed by atoms with Gasteiger partial charge in [0.25, 0.3) is 0 Å². The normalized spacial score (nSPS) is 29.5. The second-order valence-corrected chi connectivity index (χ2v) is 12.4. The molecule has 1 aromatic rings. The number of alkyl halides is 2. The first-order valence-electron chi connectivity index (χ1n) is 15.6. The first kappa shape index (κ1) is 41.1. The number of aromatic nitrogens is 2. The summed E-state index contributed by atoms with van der Waals surface area (Å²) in [6.07, 6.45) is -6.09. The summed E-state index contributed by atoms with van der Waals surface area (Å²) in [5.74, 6) is -2.05. The highest BCUT2D eigenvalue weighted by Gasteiger charge is 2.59. The van der Waals surface area contributed by atoms with Crippen molar-refractivity contribution in [3.8, 4) is 0 Å². The molecule has 21 nitrogen and oxygen atoms in total. The molecule has 0 radical (unpaired) electrons. The number of nitrogens with two attached hydrogens (primary N) is 2. The molecule has 0 spiro atoms. The van der Waals surface area contributed by atoms with Crippen LogP contribution in [0, 0.1) is 11.8 Å². The number of ether oxygens (including phenoxy) is 4. The monoisotopic (exact) mass is 738 g/mol. The van der Waals surface area contributed by atoms with E-state index in [1.807, 2.05) is 0 Å². The predicted octanol–water partition coefficient (Wildman–Crippen LogP) is 1.25. The lowest BCUT2D eigenvalue weighted by atomic mass is 9.96. The van der Waals surface area contributed by atoms with Gasteiger partial charge in [-0.25, -0.2) is 18.6 Å². The maximum atomic E-state index is 15.1. The van der Waals surface area contributed by atoms with E-state index in [9.17, 15) is 29.0 Å². The molecule has 0 saturated carbocycles. The smallest absolute Gasteiger partial charge is 0.351 e. The molecule has 2 fully saturated rings. The lowest BCUT2D eigenvalue weighted by Crippen LogP contribution is -2.50. The molecule has 0 unspecified atom stereocenters. The number of nitrogen functional groups attached to an aromatic ring is 1. The molecular weight excluding hydrogens is 698 g/mol. The van der Waals surface area contributed by atoms with E-state index >= 15 is 4.39 Å². The van der Waals surface area contributed by atoms with Crippen LogP contribution in [0.5, 0.6) is 0 Å². The highest BCUT2D eigenvalue weighted by Crippen LogP contribution is 2.41. The number of hydrogen-bond acceptors (Lipinski definition) is 16. The summed E-state index contributed by atoms with van der Waals surface area (Å²) in [6, 6.07) is 1.26. The van der Waals surface area contributed by atoms with Crippen LogP contribution in [0.25, 0.3) is 20.9 Å². The zero-order chi connectivity index (χ0) is 39.0. The predicted molar refractivity (Wildman–Crippen MR) is 177 cm³/mol. The van der Waals surface area contributed by atoms with Crippen LogP contribution in [0.2, 0.25) is 0 Å². The Hall–Kier alpha value is -5.31. The highest BCUT2D eigenvalue weighted by molar-refractivity contribution is 5.92. The van der Waals surface area contributed by atoms with Gasteiger partial charge in [-0.15, -0.1) is 0 Å². The minimum Gasteiger partial charge on any atom is -0.462 e. The van der Waals surface area contributed by atoms with Crippen molar-refractivity contribution in [1.29, 1.82) is 0 Å². The van der Waals surface area contributed by atoms with Crippen molar-refractivity contribution in [3.63, 3.8) is 0 Å². The van der Waals surface area contributed by atoms with Gasteiger partial charge in [-0.05, 0) is 23.2 Å². The van der Waals surface area contributed by atoms with E-state index in [0.717, 1.165) is 4.57 Å². The minimum absolute atomic E-state index is 0.0649. The molecule has 0 amide bonds. The summed E-state index contributed by atoms with van der Waals surface area (Å²) in [5, 5.41) is 26.9. The van der Waals surface area contributed by atoms with E-state index in [2.05, 4.69) is 36.6 Å². The number of hydrogen-bond donors (Lipinski definition) is 4. The number of aliphatic imine (C=N–C) groups is 1. The van der Waals surface area contributed by atoms with Crippen molar-refractivity contribution in [1.82, 2.24) is 14.5 Å². The maximum absolute atomic E-state index is 15.1. The standard InChI is InChI=1S/C15H21FN6O4.C14H19FN6O5/c1-8(2)14(24)25-7-15(6-19-21-18)12(23)11(16)13(26-15)22-5-4-10(17)20-9(22)3;1-7(2)12(23)25-10-9(15)11(21-4-3-8(16)19-13(21)24)26-14(10,6-22)5-18-20-17/h4-5,8,11-13,23H,3,6-7H2,1-2H3,(H2,17,20);3-4,7,9-11,22H,5-6H2,1-2H3,(H2,16,19,24)/t11-,12+,13-,15-;9-,10+,11-,14-/m11/s1. The Kier molecular flexibility index (Phi) is 13.7. The molecule has 0 bridgehead atoms. The maximum Gasteiger partial charge on any atom is 0.351 e. The summed E-state index contributed by atoms with van der Waals surface area (Å²) in [4.78, 5) is 49.5. The molecule has 23 heteroatoms. The van der Waals surface area contributed by atoms with Gasteiger partial charge in [0.2, 0.25) is 0 Å². The number of aliphatic hydroxyl groups is 2. The van der Waals surface area contributed by atoms with Crippen LogP contribution in [0.1, 0.15) is 33.9 Å². The third-order valence-corrected chi connectivity index (χ3v) is 7.98.